The zero-order valence-corrected chi connectivity index (χ0v) is 20.4. The number of benzene rings is 4. The van der Waals surface area contributed by atoms with Crippen molar-refractivity contribution in [1.82, 2.24) is 0 Å². The Balaban J connectivity index is 1.34. The number of ether oxygens (including phenoxy) is 2. The van der Waals surface area contributed by atoms with Gasteiger partial charge in [-0.25, -0.2) is 9.98 Å². The largest absolute Gasteiger partial charge is 0.475 e. The molecule has 1 N–H and O–H groups in total. The molecule has 0 fully saturated rings. The lowest BCUT2D eigenvalue weighted by Crippen LogP contribution is -2.09. The van der Waals surface area contributed by atoms with Crippen LogP contribution < -0.4 is 5.32 Å². The molecule has 4 aromatic rings. The molecule has 0 amide bonds. The summed E-state index contributed by atoms with van der Waals surface area (Å²) in [6, 6.07) is 31.9. The van der Waals surface area contributed by atoms with Gasteiger partial charge in [0.15, 0.2) is 0 Å². The highest BCUT2D eigenvalue weighted by Gasteiger charge is 2.27. The normalized spacial score (nSPS) is 18.2. The van der Waals surface area contributed by atoms with Crippen molar-refractivity contribution in [2.24, 2.45) is 9.98 Å². The predicted molar refractivity (Wildman–Crippen MR) is 146 cm³/mol. The lowest BCUT2D eigenvalue weighted by molar-refractivity contribution is -0.384. The Hall–Kier alpha value is -4.98. The number of aliphatic imine (C=N–C) groups is 2. The molecule has 2 atom stereocenters. The van der Waals surface area contributed by atoms with E-state index >= 15 is 0 Å². The van der Waals surface area contributed by atoms with Crippen LogP contribution in [0.3, 0.4) is 0 Å². The van der Waals surface area contributed by atoms with Crippen LogP contribution in [0.5, 0.6) is 0 Å². The van der Waals surface area contributed by atoms with E-state index in [0.717, 1.165) is 16.7 Å². The molecular formula is C30H24N4O4. The highest BCUT2D eigenvalue weighted by Crippen LogP contribution is 2.34. The van der Waals surface area contributed by atoms with E-state index in [1.54, 1.807) is 6.07 Å². The molecule has 0 unspecified atom stereocenters. The Morgan fingerprint density at radius 1 is 0.684 bits per heavy atom. The maximum absolute atomic E-state index is 11.6. The van der Waals surface area contributed by atoms with Crippen molar-refractivity contribution in [2.75, 3.05) is 18.5 Å². The minimum absolute atomic E-state index is 0.0365. The van der Waals surface area contributed by atoms with Crippen LogP contribution in [0.1, 0.15) is 34.3 Å². The Morgan fingerprint density at radius 2 is 1.21 bits per heavy atom. The van der Waals surface area contributed by atoms with Crippen molar-refractivity contribution in [3.8, 4) is 0 Å². The molecule has 188 valence electrons. The van der Waals surface area contributed by atoms with Gasteiger partial charge in [0.25, 0.3) is 5.69 Å². The number of nitrogens with zero attached hydrogens (tertiary/aromatic N) is 3. The fourth-order valence-corrected chi connectivity index (χ4v) is 4.59. The maximum Gasteiger partial charge on any atom is 0.271 e. The van der Waals surface area contributed by atoms with E-state index in [1.807, 2.05) is 84.9 Å². The van der Waals surface area contributed by atoms with Crippen LogP contribution in [-0.2, 0) is 9.47 Å². The Morgan fingerprint density at radius 3 is 1.79 bits per heavy atom. The molecule has 4 aromatic carbocycles. The van der Waals surface area contributed by atoms with Gasteiger partial charge in [-0.2, -0.15) is 0 Å². The second-order valence-electron chi connectivity index (χ2n) is 9.00. The van der Waals surface area contributed by atoms with Crippen molar-refractivity contribution in [3.05, 3.63) is 135 Å². The van der Waals surface area contributed by atoms with Crippen molar-refractivity contribution in [1.29, 1.82) is 0 Å². The third-order valence-electron chi connectivity index (χ3n) is 6.54. The number of non-ortho nitro benzene ring substituents is 1. The molecule has 6 rings (SSSR count). The van der Waals surface area contributed by atoms with Gasteiger partial charge in [-0.3, -0.25) is 10.1 Å². The van der Waals surface area contributed by atoms with Crippen LogP contribution in [0.15, 0.2) is 113 Å². The first-order valence-corrected chi connectivity index (χ1v) is 12.3. The zero-order chi connectivity index (χ0) is 25.9. The molecule has 0 radical (unpaired) electrons. The lowest BCUT2D eigenvalue weighted by atomic mass is 10.1. The fourth-order valence-electron chi connectivity index (χ4n) is 4.59. The van der Waals surface area contributed by atoms with E-state index in [-0.39, 0.29) is 17.8 Å². The second kappa shape index (κ2) is 10.2. The number of rotatable bonds is 7. The van der Waals surface area contributed by atoms with Gasteiger partial charge in [-0.1, -0.05) is 72.8 Å². The number of nitrogens with one attached hydrogen (secondary N) is 1. The molecule has 8 nitrogen and oxygen atoms in total. The van der Waals surface area contributed by atoms with E-state index in [9.17, 15) is 10.1 Å². The molecule has 2 aliphatic heterocycles. The minimum atomic E-state index is -0.417. The number of hydrogen-bond donors (Lipinski definition) is 1. The average molecular weight is 505 g/mol. The number of para-hydroxylation sites is 1. The van der Waals surface area contributed by atoms with Crippen LogP contribution in [-0.4, -0.2) is 29.9 Å². The van der Waals surface area contributed by atoms with E-state index < -0.39 is 4.92 Å². The third-order valence-corrected chi connectivity index (χ3v) is 6.54. The fraction of sp³-hybridized carbons (Fsp3) is 0.133. The first kappa shape index (κ1) is 23.4. The molecule has 0 aliphatic carbocycles. The molecular weight excluding hydrogens is 480 g/mol. The van der Waals surface area contributed by atoms with Crippen LogP contribution in [0.4, 0.5) is 17.1 Å². The first-order chi connectivity index (χ1) is 18.7. The number of nitro groups is 1. The van der Waals surface area contributed by atoms with Gasteiger partial charge in [0.1, 0.15) is 25.3 Å². The van der Waals surface area contributed by atoms with Gasteiger partial charge < -0.3 is 14.8 Å². The Labute approximate surface area is 219 Å². The van der Waals surface area contributed by atoms with E-state index in [1.165, 1.54) is 12.1 Å². The highest BCUT2D eigenvalue weighted by atomic mass is 16.6. The van der Waals surface area contributed by atoms with E-state index in [4.69, 9.17) is 19.5 Å². The van der Waals surface area contributed by atoms with Gasteiger partial charge in [0.2, 0.25) is 11.8 Å². The number of nitro benzene ring substituents is 1. The molecule has 0 bridgehead atoms. The van der Waals surface area contributed by atoms with Crippen molar-refractivity contribution in [3.63, 3.8) is 0 Å². The summed E-state index contributed by atoms with van der Waals surface area (Å²) in [6.07, 6.45) is 0. The van der Waals surface area contributed by atoms with Crippen LogP contribution in [0.2, 0.25) is 0 Å². The second-order valence-corrected chi connectivity index (χ2v) is 9.00. The molecule has 38 heavy (non-hydrogen) atoms. The maximum atomic E-state index is 11.6. The van der Waals surface area contributed by atoms with Gasteiger partial charge in [-0.15, -0.1) is 0 Å². The highest BCUT2D eigenvalue weighted by molar-refractivity contribution is 6.04. The van der Waals surface area contributed by atoms with E-state index in [0.29, 0.717) is 41.9 Å². The molecule has 2 aliphatic rings. The average Bonchev–Trinajstić information content (AvgIpc) is 3.65. The predicted octanol–water partition coefficient (Wildman–Crippen LogP) is 6.37. The minimum Gasteiger partial charge on any atom is -0.475 e. The summed E-state index contributed by atoms with van der Waals surface area (Å²) in [5.74, 6) is 0.958. The first-order valence-electron chi connectivity index (χ1n) is 12.3. The molecule has 2 heterocycles. The topological polar surface area (TPSA) is 98.4 Å². The third kappa shape index (κ3) is 4.71. The van der Waals surface area contributed by atoms with Crippen LogP contribution in [0, 0.1) is 10.1 Å². The summed E-state index contributed by atoms with van der Waals surface area (Å²) in [7, 11) is 0. The number of hydrogen-bond acceptors (Lipinski definition) is 7. The summed E-state index contributed by atoms with van der Waals surface area (Å²) >= 11 is 0. The molecule has 0 spiro atoms. The van der Waals surface area contributed by atoms with Gasteiger partial charge >= 0.3 is 0 Å². The molecule has 0 saturated heterocycles. The quantitative estimate of drug-likeness (QED) is 0.233. The summed E-state index contributed by atoms with van der Waals surface area (Å²) in [5, 5.41) is 15.0. The lowest BCUT2D eigenvalue weighted by Gasteiger charge is -2.15. The standard InChI is InChI=1S/C30H24N4O4/c35-34(36)22-15-16-24(30-33-28(19-38-30)21-11-5-2-6-12-21)26(17-22)31-25-14-8-7-13-23(25)29-32-27(18-37-29)20-9-3-1-4-10-20/h1-17,27-28,31H,18-19H2/t27-,28-/m0/s1. The van der Waals surface area contributed by atoms with Gasteiger partial charge in [0, 0.05) is 12.1 Å². The van der Waals surface area contributed by atoms with Crippen LogP contribution in [0.25, 0.3) is 0 Å². The summed E-state index contributed by atoms with van der Waals surface area (Å²) in [4.78, 5) is 20.8. The Bertz CT molecular complexity index is 1540. The molecule has 0 aromatic heterocycles. The van der Waals surface area contributed by atoms with Crippen LogP contribution >= 0.6 is 0 Å². The molecule has 0 saturated carbocycles. The smallest absolute Gasteiger partial charge is 0.271 e. The van der Waals surface area contributed by atoms with Gasteiger partial charge in [0.05, 0.1) is 27.4 Å². The van der Waals surface area contributed by atoms with Crippen molar-refractivity contribution < 1.29 is 14.4 Å². The van der Waals surface area contributed by atoms with E-state index in [2.05, 4.69) is 5.32 Å². The summed E-state index contributed by atoms with van der Waals surface area (Å²) in [6.45, 7) is 0.846. The number of anilines is 2. The molecule has 8 heteroatoms. The zero-order valence-electron chi connectivity index (χ0n) is 20.4. The SMILES string of the molecule is O=[N+]([O-])c1ccc(C2=N[C@H](c3ccccc3)CO2)c(Nc2ccccc2C2=N[C@H](c3ccccc3)CO2)c1. The van der Waals surface area contributed by atoms with Gasteiger partial charge in [-0.05, 0) is 29.3 Å². The monoisotopic (exact) mass is 504 g/mol. The summed E-state index contributed by atoms with van der Waals surface area (Å²) in [5.41, 5.74) is 4.72. The van der Waals surface area contributed by atoms with Crippen molar-refractivity contribution in [2.45, 2.75) is 12.1 Å². The van der Waals surface area contributed by atoms with Crippen molar-refractivity contribution >= 4 is 28.9 Å². The Kier molecular flexibility index (Phi) is 6.27. The summed E-state index contributed by atoms with van der Waals surface area (Å²) < 4.78 is 12.0.